The molecule has 0 unspecified atom stereocenters. The van der Waals surface area contributed by atoms with Crippen LogP contribution in [0.5, 0.6) is 11.5 Å². The van der Waals surface area contributed by atoms with Gasteiger partial charge in [-0.2, -0.15) is 0 Å². The Morgan fingerprint density at radius 2 is 1.00 bits per heavy atom. The van der Waals surface area contributed by atoms with Crippen LogP contribution in [0.4, 0.5) is 0 Å². The SMILES string of the molecule is c1ccc(C2=C(c3ccccc3)C3(S2)c2ccccc2Oc2ccccc23)cc1. The molecule has 0 fully saturated rings. The lowest BCUT2D eigenvalue weighted by Gasteiger charge is -2.49. The van der Waals surface area contributed by atoms with Gasteiger partial charge in [-0.1, -0.05) is 97.1 Å². The van der Waals surface area contributed by atoms with E-state index in [2.05, 4.69) is 97.1 Å². The first kappa shape index (κ1) is 16.7. The topological polar surface area (TPSA) is 9.23 Å². The number of para-hydroxylation sites is 2. The molecule has 0 radical (unpaired) electrons. The summed E-state index contributed by atoms with van der Waals surface area (Å²) < 4.78 is 6.03. The van der Waals surface area contributed by atoms with Gasteiger partial charge in [-0.3, -0.25) is 0 Å². The van der Waals surface area contributed by atoms with E-state index in [0.717, 1.165) is 11.5 Å². The molecule has 1 spiro atoms. The van der Waals surface area contributed by atoms with Crippen LogP contribution in [0.15, 0.2) is 109 Å². The number of rotatable bonds is 2. The fourth-order valence-corrected chi connectivity index (χ4v) is 6.10. The highest BCUT2D eigenvalue weighted by Crippen LogP contribution is 2.71. The Labute approximate surface area is 174 Å². The highest BCUT2D eigenvalue weighted by molar-refractivity contribution is 8.12. The summed E-state index contributed by atoms with van der Waals surface area (Å²) in [7, 11) is 0. The molecule has 0 N–H and O–H groups in total. The molecule has 4 aromatic rings. The van der Waals surface area contributed by atoms with E-state index in [1.807, 2.05) is 23.9 Å². The minimum Gasteiger partial charge on any atom is -0.457 e. The van der Waals surface area contributed by atoms with E-state index in [4.69, 9.17) is 4.74 Å². The van der Waals surface area contributed by atoms with Gasteiger partial charge in [0.1, 0.15) is 16.2 Å². The van der Waals surface area contributed by atoms with E-state index in [1.165, 1.54) is 32.7 Å². The van der Waals surface area contributed by atoms with Crippen LogP contribution < -0.4 is 4.74 Å². The molecular formula is C27H18OS. The number of fused-ring (bicyclic) bond motifs is 4. The van der Waals surface area contributed by atoms with Crippen molar-refractivity contribution in [3.63, 3.8) is 0 Å². The van der Waals surface area contributed by atoms with Gasteiger partial charge in [0.2, 0.25) is 0 Å². The molecule has 0 bridgehead atoms. The Morgan fingerprint density at radius 1 is 0.517 bits per heavy atom. The molecule has 0 amide bonds. The molecule has 0 aromatic heterocycles. The predicted octanol–water partition coefficient (Wildman–Crippen LogP) is 7.35. The number of thioether (sulfide) groups is 1. The molecule has 1 nitrogen and oxygen atoms in total. The Kier molecular flexibility index (Phi) is 3.68. The van der Waals surface area contributed by atoms with E-state index in [1.54, 1.807) is 0 Å². The zero-order valence-corrected chi connectivity index (χ0v) is 16.5. The summed E-state index contributed by atoms with van der Waals surface area (Å²) in [6.45, 7) is 0. The van der Waals surface area contributed by atoms with E-state index < -0.39 is 0 Å². The Morgan fingerprint density at radius 3 is 1.59 bits per heavy atom. The van der Waals surface area contributed by atoms with Crippen molar-refractivity contribution >= 4 is 22.2 Å². The summed E-state index contributed by atoms with van der Waals surface area (Å²) in [6.07, 6.45) is 0. The van der Waals surface area contributed by atoms with Crippen molar-refractivity contribution in [1.82, 2.24) is 0 Å². The van der Waals surface area contributed by atoms with Crippen molar-refractivity contribution < 1.29 is 4.74 Å². The largest absolute Gasteiger partial charge is 0.457 e. The second kappa shape index (κ2) is 6.40. The lowest BCUT2D eigenvalue weighted by atomic mass is 9.76. The van der Waals surface area contributed by atoms with Crippen molar-refractivity contribution in [3.8, 4) is 11.5 Å². The van der Waals surface area contributed by atoms with E-state index >= 15 is 0 Å². The average molecular weight is 391 g/mol. The van der Waals surface area contributed by atoms with Crippen molar-refractivity contribution in [2.45, 2.75) is 4.75 Å². The van der Waals surface area contributed by atoms with Crippen LogP contribution in [-0.2, 0) is 4.75 Å². The lowest BCUT2D eigenvalue weighted by Crippen LogP contribution is -2.35. The zero-order valence-electron chi connectivity index (χ0n) is 15.7. The molecule has 0 saturated carbocycles. The fraction of sp³-hybridized carbons (Fsp3) is 0.0370. The maximum Gasteiger partial charge on any atom is 0.132 e. The van der Waals surface area contributed by atoms with Crippen LogP contribution in [0.1, 0.15) is 22.3 Å². The van der Waals surface area contributed by atoms with Crippen molar-refractivity contribution in [3.05, 3.63) is 131 Å². The van der Waals surface area contributed by atoms with Crippen LogP contribution in [0, 0.1) is 0 Å². The zero-order chi connectivity index (χ0) is 19.3. The molecule has 0 saturated heterocycles. The molecule has 4 aromatic carbocycles. The number of hydrogen-bond acceptors (Lipinski definition) is 2. The number of benzene rings is 4. The van der Waals surface area contributed by atoms with E-state index in [9.17, 15) is 0 Å². The predicted molar refractivity (Wildman–Crippen MR) is 121 cm³/mol. The first-order chi connectivity index (χ1) is 14.4. The lowest BCUT2D eigenvalue weighted by molar-refractivity contribution is 0.450. The monoisotopic (exact) mass is 390 g/mol. The highest BCUT2D eigenvalue weighted by atomic mass is 32.2. The second-order valence-corrected chi connectivity index (χ2v) is 8.54. The van der Waals surface area contributed by atoms with Crippen LogP contribution in [0.25, 0.3) is 10.5 Å². The number of ether oxygens (including phenoxy) is 1. The fourth-order valence-electron chi connectivity index (χ4n) is 4.44. The van der Waals surface area contributed by atoms with Crippen LogP contribution in [-0.4, -0.2) is 0 Å². The molecule has 2 aliphatic rings. The third-order valence-electron chi connectivity index (χ3n) is 5.69. The summed E-state index contributed by atoms with van der Waals surface area (Å²) in [5, 5.41) is 0. The minimum absolute atomic E-state index is 0.266. The van der Waals surface area contributed by atoms with Gasteiger partial charge >= 0.3 is 0 Å². The molecule has 29 heavy (non-hydrogen) atoms. The average Bonchev–Trinajstić information content (AvgIpc) is 2.77. The summed E-state index contributed by atoms with van der Waals surface area (Å²) in [5.74, 6) is 1.89. The molecule has 6 rings (SSSR count). The second-order valence-electron chi connectivity index (χ2n) is 7.31. The van der Waals surface area contributed by atoms with Crippen LogP contribution in [0.2, 0.25) is 0 Å². The van der Waals surface area contributed by atoms with Gasteiger partial charge in [0.15, 0.2) is 0 Å². The van der Waals surface area contributed by atoms with E-state index in [-0.39, 0.29) is 4.75 Å². The molecule has 138 valence electrons. The van der Waals surface area contributed by atoms with Gasteiger partial charge < -0.3 is 4.74 Å². The molecule has 2 heterocycles. The quantitative estimate of drug-likeness (QED) is 0.354. The third-order valence-corrected chi connectivity index (χ3v) is 7.28. The summed E-state index contributed by atoms with van der Waals surface area (Å²) in [5.41, 5.74) is 6.34. The highest BCUT2D eigenvalue weighted by Gasteiger charge is 2.54. The van der Waals surface area contributed by atoms with E-state index in [0.29, 0.717) is 0 Å². The van der Waals surface area contributed by atoms with Gasteiger partial charge in [-0.15, -0.1) is 11.8 Å². The Bertz CT molecular complexity index is 1200. The summed E-state index contributed by atoms with van der Waals surface area (Å²) in [4.78, 5) is 1.34. The molecule has 2 aliphatic heterocycles. The molecule has 2 heteroatoms. The maximum absolute atomic E-state index is 6.30. The standard InChI is InChI=1S/C27H18OS/c1-3-11-19(12-4-1)25-26(20-13-5-2-6-14-20)29-27(25)21-15-7-9-17-23(21)28-24-18-10-8-16-22(24)27/h1-18H. The molecular weight excluding hydrogens is 372 g/mol. The Hall–Kier alpha value is -3.23. The van der Waals surface area contributed by atoms with Crippen LogP contribution in [0.3, 0.4) is 0 Å². The van der Waals surface area contributed by atoms with Crippen molar-refractivity contribution in [2.75, 3.05) is 0 Å². The Balaban J connectivity index is 1.70. The summed E-state index contributed by atoms with van der Waals surface area (Å²) in [6, 6.07) is 38.4. The van der Waals surface area contributed by atoms with Crippen molar-refractivity contribution in [2.24, 2.45) is 0 Å². The van der Waals surface area contributed by atoms with Gasteiger partial charge in [-0.25, -0.2) is 0 Å². The van der Waals surface area contributed by atoms with Crippen LogP contribution >= 0.6 is 11.8 Å². The molecule has 0 aliphatic carbocycles. The first-order valence-corrected chi connectivity index (χ1v) is 10.6. The molecule has 0 atom stereocenters. The van der Waals surface area contributed by atoms with Crippen molar-refractivity contribution in [1.29, 1.82) is 0 Å². The maximum atomic E-state index is 6.30. The van der Waals surface area contributed by atoms with Gasteiger partial charge in [0.05, 0.1) is 0 Å². The van der Waals surface area contributed by atoms with Gasteiger partial charge in [0.25, 0.3) is 0 Å². The first-order valence-electron chi connectivity index (χ1n) is 9.79. The normalized spacial score (nSPS) is 15.9. The summed E-state index contributed by atoms with van der Waals surface area (Å²) >= 11 is 1.94. The van der Waals surface area contributed by atoms with Gasteiger partial charge in [0, 0.05) is 16.0 Å². The number of hydrogen-bond donors (Lipinski definition) is 0. The third kappa shape index (κ3) is 2.36. The minimum atomic E-state index is -0.266. The van der Waals surface area contributed by atoms with Gasteiger partial charge in [-0.05, 0) is 28.8 Å². The smallest absolute Gasteiger partial charge is 0.132 e.